The van der Waals surface area contributed by atoms with Crippen molar-refractivity contribution in [1.82, 2.24) is 4.98 Å². The van der Waals surface area contributed by atoms with Crippen LogP contribution in [-0.4, -0.2) is 4.98 Å². The molecular formula is C20H14F3N3S. The standard InChI is InChI=1S/C20H14F3N3S/c1-13-3-2-4-19(25-13)26-27-16-9-10-17(18(11-16)20(21,22)23)15-7-5-14(12-24)6-8-15/h2-11H,1H3,(H,25,26). The van der Waals surface area contributed by atoms with Crippen LogP contribution in [0, 0.1) is 18.3 Å². The summed E-state index contributed by atoms with van der Waals surface area (Å²) in [6, 6.07) is 17.6. The van der Waals surface area contributed by atoms with Crippen molar-refractivity contribution in [2.24, 2.45) is 0 Å². The lowest BCUT2D eigenvalue weighted by atomic mass is 9.98. The maximum absolute atomic E-state index is 13.6. The van der Waals surface area contributed by atoms with E-state index in [0.29, 0.717) is 21.8 Å². The third kappa shape index (κ3) is 4.60. The first kappa shape index (κ1) is 18.8. The van der Waals surface area contributed by atoms with Gasteiger partial charge in [-0.3, -0.25) is 0 Å². The van der Waals surface area contributed by atoms with Crippen molar-refractivity contribution in [2.45, 2.75) is 18.0 Å². The van der Waals surface area contributed by atoms with E-state index < -0.39 is 11.7 Å². The van der Waals surface area contributed by atoms with Crippen LogP contribution < -0.4 is 4.72 Å². The van der Waals surface area contributed by atoms with E-state index >= 15 is 0 Å². The number of hydrogen-bond acceptors (Lipinski definition) is 4. The van der Waals surface area contributed by atoms with Gasteiger partial charge in [-0.1, -0.05) is 24.3 Å². The molecule has 0 bridgehead atoms. The minimum absolute atomic E-state index is 0.0741. The Balaban J connectivity index is 1.91. The molecule has 3 aromatic rings. The van der Waals surface area contributed by atoms with Crippen LogP contribution in [0.3, 0.4) is 0 Å². The topological polar surface area (TPSA) is 48.7 Å². The summed E-state index contributed by atoms with van der Waals surface area (Å²) in [6.07, 6.45) is -4.50. The maximum atomic E-state index is 13.6. The highest BCUT2D eigenvalue weighted by molar-refractivity contribution is 8.00. The van der Waals surface area contributed by atoms with Crippen LogP contribution in [0.5, 0.6) is 0 Å². The average Bonchev–Trinajstić information content (AvgIpc) is 2.66. The maximum Gasteiger partial charge on any atom is 0.417 e. The molecule has 0 saturated carbocycles. The summed E-state index contributed by atoms with van der Waals surface area (Å²) in [7, 11) is 0. The van der Waals surface area contributed by atoms with Gasteiger partial charge in [-0.15, -0.1) is 0 Å². The zero-order valence-electron chi connectivity index (χ0n) is 14.2. The number of nitrogens with one attached hydrogen (secondary N) is 1. The number of halogens is 3. The summed E-state index contributed by atoms with van der Waals surface area (Å²) in [5.74, 6) is 0.574. The van der Waals surface area contributed by atoms with Crippen LogP contribution in [0.1, 0.15) is 16.8 Å². The third-order valence-corrected chi connectivity index (χ3v) is 4.58. The lowest BCUT2D eigenvalue weighted by Crippen LogP contribution is -2.07. The third-order valence-electron chi connectivity index (χ3n) is 3.78. The van der Waals surface area contributed by atoms with Crippen molar-refractivity contribution >= 4 is 17.8 Å². The summed E-state index contributed by atoms with van der Waals surface area (Å²) in [6.45, 7) is 1.84. The number of alkyl halides is 3. The van der Waals surface area contributed by atoms with Gasteiger partial charge in [-0.05, 0) is 66.4 Å². The molecule has 3 nitrogen and oxygen atoms in total. The van der Waals surface area contributed by atoms with Gasteiger partial charge in [0, 0.05) is 10.6 Å². The monoisotopic (exact) mass is 385 g/mol. The summed E-state index contributed by atoms with van der Waals surface area (Å²) in [5, 5.41) is 8.84. The lowest BCUT2D eigenvalue weighted by Gasteiger charge is -2.15. The number of rotatable bonds is 4. The Bertz CT molecular complexity index is 993. The first-order chi connectivity index (χ1) is 12.9. The van der Waals surface area contributed by atoms with Gasteiger partial charge >= 0.3 is 6.18 Å². The molecule has 2 aromatic carbocycles. The van der Waals surface area contributed by atoms with Gasteiger partial charge < -0.3 is 4.72 Å². The molecule has 0 spiro atoms. The number of hydrogen-bond donors (Lipinski definition) is 1. The second-order valence-electron chi connectivity index (χ2n) is 5.76. The number of pyridine rings is 1. The van der Waals surface area contributed by atoms with Crippen molar-refractivity contribution in [3.05, 3.63) is 77.5 Å². The molecule has 136 valence electrons. The van der Waals surface area contributed by atoms with Crippen LogP contribution in [0.15, 0.2) is 65.6 Å². The predicted molar refractivity (Wildman–Crippen MR) is 100 cm³/mol. The molecule has 0 radical (unpaired) electrons. The zero-order valence-corrected chi connectivity index (χ0v) is 15.0. The lowest BCUT2D eigenvalue weighted by molar-refractivity contribution is -0.137. The van der Waals surface area contributed by atoms with Gasteiger partial charge in [-0.25, -0.2) is 4.98 Å². The molecule has 1 heterocycles. The Morgan fingerprint density at radius 1 is 1.04 bits per heavy atom. The van der Waals surface area contributed by atoms with E-state index in [9.17, 15) is 13.2 Å². The van der Waals surface area contributed by atoms with Crippen LogP contribution in [-0.2, 0) is 6.18 Å². The van der Waals surface area contributed by atoms with Crippen LogP contribution in [0.4, 0.5) is 19.0 Å². The second-order valence-corrected chi connectivity index (χ2v) is 6.64. The molecule has 0 aliphatic heterocycles. The SMILES string of the molecule is Cc1cccc(NSc2ccc(-c3ccc(C#N)cc3)c(C(F)(F)F)c2)n1. The Morgan fingerprint density at radius 2 is 1.78 bits per heavy atom. The summed E-state index contributed by atoms with van der Waals surface area (Å²) < 4.78 is 43.7. The molecule has 1 N–H and O–H groups in total. The molecule has 7 heteroatoms. The van der Waals surface area contributed by atoms with Gasteiger partial charge in [0.25, 0.3) is 0 Å². The fourth-order valence-electron chi connectivity index (χ4n) is 2.51. The Hall–Kier alpha value is -2.98. The number of aryl methyl sites for hydroxylation is 1. The van der Waals surface area contributed by atoms with Crippen molar-refractivity contribution in [2.75, 3.05) is 4.72 Å². The highest BCUT2D eigenvalue weighted by Gasteiger charge is 2.34. The van der Waals surface area contributed by atoms with E-state index in [-0.39, 0.29) is 5.56 Å². The van der Waals surface area contributed by atoms with Gasteiger partial charge in [-0.2, -0.15) is 18.4 Å². The minimum atomic E-state index is -4.50. The first-order valence-corrected chi connectivity index (χ1v) is 8.77. The fraction of sp³-hybridized carbons (Fsp3) is 0.100. The number of anilines is 1. The average molecular weight is 385 g/mol. The second kappa shape index (κ2) is 7.72. The van der Waals surface area contributed by atoms with E-state index in [1.165, 1.54) is 30.3 Å². The normalized spacial score (nSPS) is 11.1. The van der Waals surface area contributed by atoms with Gasteiger partial charge in [0.05, 0.1) is 17.2 Å². The van der Waals surface area contributed by atoms with Crippen molar-refractivity contribution in [1.29, 1.82) is 5.26 Å². The van der Waals surface area contributed by atoms with E-state index in [0.717, 1.165) is 23.7 Å². The summed E-state index contributed by atoms with van der Waals surface area (Å²) in [4.78, 5) is 4.68. The molecule has 0 aliphatic rings. The summed E-state index contributed by atoms with van der Waals surface area (Å²) >= 11 is 1.07. The minimum Gasteiger partial charge on any atom is -0.310 e. The van der Waals surface area contributed by atoms with E-state index in [1.807, 2.05) is 25.1 Å². The molecule has 0 unspecified atom stereocenters. The van der Waals surface area contributed by atoms with Crippen LogP contribution in [0.2, 0.25) is 0 Å². The molecule has 0 saturated heterocycles. The Labute approximate surface area is 159 Å². The molecule has 3 rings (SSSR count). The van der Waals surface area contributed by atoms with Gasteiger partial charge in [0.1, 0.15) is 5.82 Å². The largest absolute Gasteiger partial charge is 0.417 e. The number of nitrogens with zero attached hydrogens (tertiary/aromatic N) is 2. The highest BCUT2D eigenvalue weighted by atomic mass is 32.2. The predicted octanol–water partition coefficient (Wildman–Crippen LogP) is 6.07. The van der Waals surface area contributed by atoms with Gasteiger partial charge in [0.15, 0.2) is 0 Å². The Kier molecular flexibility index (Phi) is 5.38. The van der Waals surface area contributed by atoms with Gasteiger partial charge in [0.2, 0.25) is 0 Å². The van der Waals surface area contributed by atoms with E-state index in [1.54, 1.807) is 12.1 Å². The molecule has 1 aromatic heterocycles. The quantitative estimate of drug-likeness (QED) is 0.554. The van der Waals surface area contributed by atoms with E-state index in [4.69, 9.17) is 5.26 Å². The summed E-state index contributed by atoms with van der Waals surface area (Å²) in [5.41, 5.74) is 0.967. The number of benzene rings is 2. The van der Waals surface area contributed by atoms with E-state index in [2.05, 4.69) is 9.71 Å². The molecule has 0 aliphatic carbocycles. The Morgan fingerprint density at radius 3 is 2.41 bits per heavy atom. The molecular weight excluding hydrogens is 371 g/mol. The molecule has 27 heavy (non-hydrogen) atoms. The molecule has 0 fully saturated rings. The first-order valence-electron chi connectivity index (χ1n) is 7.95. The number of aromatic nitrogens is 1. The van der Waals surface area contributed by atoms with Crippen molar-refractivity contribution in [3.8, 4) is 17.2 Å². The van der Waals surface area contributed by atoms with Crippen LogP contribution >= 0.6 is 11.9 Å². The highest BCUT2D eigenvalue weighted by Crippen LogP contribution is 2.39. The fourth-order valence-corrected chi connectivity index (χ4v) is 3.16. The molecule has 0 atom stereocenters. The number of nitriles is 1. The smallest absolute Gasteiger partial charge is 0.310 e. The van der Waals surface area contributed by atoms with Crippen LogP contribution in [0.25, 0.3) is 11.1 Å². The zero-order chi connectivity index (χ0) is 19.4. The van der Waals surface area contributed by atoms with Crippen molar-refractivity contribution in [3.63, 3.8) is 0 Å². The molecule has 0 amide bonds. The van der Waals surface area contributed by atoms with Crippen molar-refractivity contribution < 1.29 is 13.2 Å².